The van der Waals surface area contributed by atoms with E-state index in [0.29, 0.717) is 0 Å². The van der Waals surface area contributed by atoms with E-state index >= 15 is 0 Å². The highest BCUT2D eigenvalue weighted by molar-refractivity contribution is 8.14. The van der Waals surface area contributed by atoms with Crippen molar-refractivity contribution in [1.82, 2.24) is 0 Å². The highest BCUT2D eigenvalue weighted by Gasteiger charge is 2.07. The third-order valence-electron chi connectivity index (χ3n) is 0.915. The molecule has 0 aliphatic carbocycles. The molecule has 0 radical (unpaired) electrons. The van der Waals surface area contributed by atoms with Gasteiger partial charge in [-0.25, -0.2) is 0 Å². The Bertz CT molecular complexity index is 83.7. The van der Waals surface area contributed by atoms with Crippen molar-refractivity contribution < 1.29 is 5.21 Å². The van der Waals surface area contributed by atoms with Gasteiger partial charge in [0.15, 0.2) is 0 Å². The SMILES string of the molecule is O/N=C1/CCCS1. The molecule has 0 amide bonds. The van der Waals surface area contributed by atoms with Gasteiger partial charge in [-0.2, -0.15) is 0 Å². The molecule has 0 aromatic heterocycles. The van der Waals surface area contributed by atoms with Crippen LogP contribution in [-0.2, 0) is 0 Å². The van der Waals surface area contributed by atoms with Crippen molar-refractivity contribution in [2.45, 2.75) is 12.8 Å². The number of hydrogen-bond donors (Lipinski definition) is 1. The first kappa shape index (κ1) is 4.97. The smallest absolute Gasteiger partial charge is 0.112 e. The maximum Gasteiger partial charge on any atom is 0.112 e. The summed E-state index contributed by atoms with van der Waals surface area (Å²) >= 11 is 1.64. The van der Waals surface area contributed by atoms with Gasteiger partial charge in [0.05, 0.1) is 0 Å². The number of oxime groups is 1. The first-order valence-corrected chi connectivity index (χ1v) is 3.26. The van der Waals surface area contributed by atoms with Crippen molar-refractivity contribution >= 4 is 16.8 Å². The first-order chi connectivity index (χ1) is 3.43. The Morgan fingerprint density at radius 2 is 2.57 bits per heavy atom. The van der Waals surface area contributed by atoms with E-state index in [1.807, 2.05) is 0 Å². The fourth-order valence-corrected chi connectivity index (χ4v) is 1.44. The fraction of sp³-hybridized carbons (Fsp3) is 0.750. The number of thioether (sulfide) groups is 1. The van der Waals surface area contributed by atoms with Crippen LogP contribution in [-0.4, -0.2) is 16.0 Å². The zero-order valence-corrected chi connectivity index (χ0v) is 4.74. The fourth-order valence-electron chi connectivity index (χ4n) is 0.564. The third kappa shape index (κ3) is 1.09. The molecule has 0 unspecified atom stereocenters. The predicted octanol–water partition coefficient (Wildman–Crippen LogP) is 1.30. The average Bonchev–Trinajstić information content (AvgIpc) is 2.14. The summed E-state index contributed by atoms with van der Waals surface area (Å²) in [6.45, 7) is 0. The molecular formula is C4H7NOS. The Hall–Kier alpha value is -0.180. The topological polar surface area (TPSA) is 32.6 Å². The molecule has 3 heteroatoms. The maximum absolute atomic E-state index is 8.13. The summed E-state index contributed by atoms with van der Waals surface area (Å²) in [6, 6.07) is 0. The molecule has 0 bridgehead atoms. The molecule has 40 valence electrons. The average molecular weight is 117 g/mol. The van der Waals surface area contributed by atoms with Crippen molar-refractivity contribution in [2.75, 3.05) is 5.75 Å². The van der Waals surface area contributed by atoms with Crippen molar-refractivity contribution in [2.24, 2.45) is 5.16 Å². The van der Waals surface area contributed by atoms with E-state index in [2.05, 4.69) is 5.16 Å². The molecule has 2 nitrogen and oxygen atoms in total. The third-order valence-corrected chi connectivity index (χ3v) is 2.03. The second kappa shape index (κ2) is 2.21. The van der Waals surface area contributed by atoms with Gasteiger partial charge in [0.1, 0.15) is 5.04 Å². The van der Waals surface area contributed by atoms with Crippen molar-refractivity contribution in [3.8, 4) is 0 Å². The van der Waals surface area contributed by atoms with Gasteiger partial charge in [-0.3, -0.25) is 0 Å². The zero-order valence-electron chi connectivity index (χ0n) is 3.92. The summed E-state index contributed by atoms with van der Waals surface area (Å²) in [5.74, 6) is 1.12. The molecule has 1 aliphatic heterocycles. The summed E-state index contributed by atoms with van der Waals surface area (Å²) in [6.07, 6.45) is 2.14. The van der Waals surface area contributed by atoms with Gasteiger partial charge >= 0.3 is 0 Å². The molecule has 0 saturated carbocycles. The molecule has 1 saturated heterocycles. The van der Waals surface area contributed by atoms with Crippen molar-refractivity contribution in [1.29, 1.82) is 0 Å². The van der Waals surface area contributed by atoms with Crippen LogP contribution in [0.2, 0.25) is 0 Å². The lowest BCUT2D eigenvalue weighted by Crippen LogP contribution is -1.78. The molecule has 1 N–H and O–H groups in total. The number of rotatable bonds is 0. The molecule has 1 rings (SSSR count). The van der Waals surface area contributed by atoms with Crippen LogP contribution in [0.3, 0.4) is 0 Å². The predicted molar refractivity (Wildman–Crippen MR) is 30.9 cm³/mol. The van der Waals surface area contributed by atoms with E-state index in [0.717, 1.165) is 17.2 Å². The minimum atomic E-state index is 0.889. The second-order valence-electron chi connectivity index (χ2n) is 1.45. The minimum Gasteiger partial charge on any atom is -0.410 e. The highest BCUT2D eigenvalue weighted by atomic mass is 32.2. The minimum absolute atomic E-state index is 0.889. The van der Waals surface area contributed by atoms with E-state index in [1.54, 1.807) is 11.8 Å². The lowest BCUT2D eigenvalue weighted by Gasteiger charge is -1.81. The lowest BCUT2D eigenvalue weighted by molar-refractivity contribution is 0.319. The zero-order chi connectivity index (χ0) is 5.11. The Morgan fingerprint density at radius 3 is 2.86 bits per heavy atom. The van der Waals surface area contributed by atoms with Gasteiger partial charge < -0.3 is 5.21 Å². The monoisotopic (exact) mass is 117 g/mol. The molecular weight excluding hydrogens is 110 g/mol. The molecule has 7 heavy (non-hydrogen) atoms. The van der Waals surface area contributed by atoms with Crippen LogP contribution in [0.25, 0.3) is 0 Å². The van der Waals surface area contributed by atoms with Crippen LogP contribution in [0.1, 0.15) is 12.8 Å². The highest BCUT2D eigenvalue weighted by Crippen LogP contribution is 2.19. The van der Waals surface area contributed by atoms with E-state index in [1.165, 1.54) is 6.42 Å². The van der Waals surface area contributed by atoms with Crippen molar-refractivity contribution in [3.05, 3.63) is 0 Å². The van der Waals surface area contributed by atoms with E-state index in [4.69, 9.17) is 5.21 Å². The molecule has 0 aromatic rings. The Kier molecular flexibility index (Phi) is 1.57. The Balaban J connectivity index is 2.41. The van der Waals surface area contributed by atoms with E-state index in [-0.39, 0.29) is 0 Å². The van der Waals surface area contributed by atoms with Gasteiger partial charge in [0, 0.05) is 0 Å². The summed E-state index contributed by atoms with van der Waals surface area (Å²) in [5, 5.41) is 12.1. The van der Waals surface area contributed by atoms with Gasteiger partial charge in [-0.1, -0.05) is 5.16 Å². The van der Waals surface area contributed by atoms with Gasteiger partial charge in [0.25, 0.3) is 0 Å². The van der Waals surface area contributed by atoms with Gasteiger partial charge in [-0.15, -0.1) is 11.8 Å². The Morgan fingerprint density at radius 1 is 1.71 bits per heavy atom. The van der Waals surface area contributed by atoms with Crippen LogP contribution >= 0.6 is 11.8 Å². The lowest BCUT2D eigenvalue weighted by atomic mass is 10.4. The quantitative estimate of drug-likeness (QED) is 0.383. The molecule has 1 aliphatic rings. The molecule has 0 spiro atoms. The van der Waals surface area contributed by atoms with Crippen LogP contribution in [0.15, 0.2) is 5.16 Å². The van der Waals surface area contributed by atoms with Crippen LogP contribution < -0.4 is 0 Å². The summed E-state index contributed by atoms with van der Waals surface area (Å²) in [5.41, 5.74) is 0. The molecule has 1 heterocycles. The van der Waals surface area contributed by atoms with Crippen LogP contribution in [0.5, 0.6) is 0 Å². The largest absolute Gasteiger partial charge is 0.410 e. The molecule has 1 fully saturated rings. The number of nitrogens with zero attached hydrogens (tertiary/aromatic N) is 1. The standard InChI is InChI=1S/C4H7NOS/c6-5-4-2-1-3-7-4/h6H,1-3H2/b5-4-. The first-order valence-electron chi connectivity index (χ1n) is 2.27. The van der Waals surface area contributed by atoms with Gasteiger partial charge in [-0.05, 0) is 18.6 Å². The maximum atomic E-state index is 8.13. The van der Waals surface area contributed by atoms with E-state index in [9.17, 15) is 0 Å². The van der Waals surface area contributed by atoms with Gasteiger partial charge in [0.2, 0.25) is 0 Å². The van der Waals surface area contributed by atoms with Crippen LogP contribution in [0.4, 0.5) is 0 Å². The summed E-state index contributed by atoms with van der Waals surface area (Å²) < 4.78 is 0. The normalized spacial score (nSPS) is 26.6. The summed E-state index contributed by atoms with van der Waals surface area (Å²) in [7, 11) is 0. The Labute approximate surface area is 46.6 Å². The van der Waals surface area contributed by atoms with Crippen molar-refractivity contribution in [3.63, 3.8) is 0 Å². The van der Waals surface area contributed by atoms with E-state index < -0.39 is 0 Å². The van der Waals surface area contributed by atoms with Crippen LogP contribution in [0, 0.1) is 0 Å². The number of hydrogen-bond acceptors (Lipinski definition) is 3. The molecule has 0 aromatic carbocycles. The summed E-state index contributed by atoms with van der Waals surface area (Å²) in [4.78, 5) is 0. The second-order valence-corrected chi connectivity index (χ2v) is 2.61. The molecule has 0 atom stereocenters.